The molecular formula is C22H20N4O3. The molecule has 0 atom stereocenters. The van der Waals surface area contributed by atoms with Crippen molar-refractivity contribution in [3.63, 3.8) is 0 Å². The van der Waals surface area contributed by atoms with Crippen molar-refractivity contribution in [2.24, 2.45) is 0 Å². The average molecular weight is 388 g/mol. The van der Waals surface area contributed by atoms with E-state index in [1.165, 1.54) is 0 Å². The van der Waals surface area contributed by atoms with Crippen LogP contribution in [0.1, 0.15) is 10.5 Å². The van der Waals surface area contributed by atoms with Gasteiger partial charge in [-0.2, -0.15) is 5.10 Å². The van der Waals surface area contributed by atoms with Gasteiger partial charge in [-0.25, -0.2) is 4.98 Å². The highest BCUT2D eigenvalue weighted by Crippen LogP contribution is 2.28. The molecule has 0 aliphatic rings. The number of benzene rings is 2. The van der Waals surface area contributed by atoms with E-state index in [0.717, 1.165) is 16.6 Å². The highest BCUT2D eigenvalue weighted by Gasteiger charge is 2.16. The maximum absolute atomic E-state index is 12.9. The van der Waals surface area contributed by atoms with Gasteiger partial charge in [-0.05, 0) is 12.1 Å². The molecule has 4 aromatic rings. The Labute approximate surface area is 167 Å². The number of carbonyl (C=O) groups is 1. The highest BCUT2D eigenvalue weighted by atomic mass is 16.5. The molecule has 0 unspecified atom stereocenters. The lowest BCUT2D eigenvalue weighted by molar-refractivity contribution is 0.102. The van der Waals surface area contributed by atoms with Crippen molar-refractivity contribution in [1.29, 1.82) is 0 Å². The van der Waals surface area contributed by atoms with Crippen LogP contribution < -0.4 is 10.1 Å². The summed E-state index contributed by atoms with van der Waals surface area (Å²) in [5.41, 5.74) is 3.18. The fraction of sp³-hybridized carbons (Fsp3) is 0.136. The molecule has 0 bridgehead atoms. The van der Waals surface area contributed by atoms with Gasteiger partial charge in [0.15, 0.2) is 0 Å². The molecule has 1 amide bonds. The molecule has 0 spiro atoms. The number of hydrogen-bond acceptors (Lipinski definition) is 5. The number of nitrogens with zero attached hydrogens (tertiary/aromatic N) is 2. The normalized spacial score (nSPS) is 10.8. The van der Waals surface area contributed by atoms with Gasteiger partial charge in [0.05, 0.1) is 29.7 Å². The zero-order valence-electron chi connectivity index (χ0n) is 15.9. The number of carbonyl (C=O) groups excluding carboxylic acids is 1. The zero-order chi connectivity index (χ0) is 20.1. The van der Waals surface area contributed by atoms with Gasteiger partial charge in [0.2, 0.25) is 0 Å². The Morgan fingerprint density at radius 2 is 1.86 bits per heavy atom. The molecule has 4 rings (SSSR count). The van der Waals surface area contributed by atoms with E-state index in [1.54, 1.807) is 19.4 Å². The fourth-order valence-corrected chi connectivity index (χ4v) is 3.01. The van der Waals surface area contributed by atoms with E-state index in [2.05, 4.69) is 20.5 Å². The minimum absolute atomic E-state index is 0.260. The van der Waals surface area contributed by atoms with Gasteiger partial charge in [-0.15, -0.1) is 0 Å². The van der Waals surface area contributed by atoms with Gasteiger partial charge in [-0.1, -0.05) is 42.5 Å². The van der Waals surface area contributed by atoms with Gasteiger partial charge in [0.25, 0.3) is 5.91 Å². The summed E-state index contributed by atoms with van der Waals surface area (Å²) in [6.45, 7) is 0.832. The third-order valence-electron chi connectivity index (χ3n) is 4.41. The van der Waals surface area contributed by atoms with Crippen LogP contribution in [-0.2, 0) is 4.74 Å². The van der Waals surface area contributed by atoms with Crippen molar-refractivity contribution in [2.45, 2.75) is 0 Å². The summed E-state index contributed by atoms with van der Waals surface area (Å²) in [4.78, 5) is 17.4. The SMILES string of the molecule is COCCOc1cc(C(=O)Nc2cn[nH]c2-c2ccccc2)nc2ccccc12. The van der Waals surface area contributed by atoms with Crippen LogP contribution in [0.15, 0.2) is 66.9 Å². The smallest absolute Gasteiger partial charge is 0.274 e. The largest absolute Gasteiger partial charge is 0.490 e. The van der Waals surface area contributed by atoms with Crippen LogP contribution in [0, 0.1) is 0 Å². The molecule has 146 valence electrons. The molecule has 0 aliphatic carbocycles. The number of rotatable bonds is 7. The molecule has 0 aliphatic heterocycles. The Morgan fingerprint density at radius 1 is 1.07 bits per heavy atom. The first-order chi connectivity index (χ1) is 14.3. The van der Waals surface area contributed by atoms with Gasteiger partial charge in [0.1, 0.15) is 18.1 Å². The van der Waals surface area contributed by atoms with Crippen LogP contribution in [0.2, 0.25) is 0 Å². The number of anilines is 1. The summed E-state index contributed by atoms with van der Waals surface area (Å²) in [5, 5.41) is 10.7. The van der Waals surface area contributed by atoms with Crippen molar-refractivity contribution in [2.75, 3.05) is 25.6 Å². The van der Waals surface area contributed by atoms with Gasteiger partial charge in [0, 0.05) is 24.1 Å². The summed E-state index contributed by atoms with van der Waals surface area (Å²) in [6, 6.07) is 18.9. The number of H-pyrrole nitrogens is 1. The van der Waals surface area contributed by atoms with Crippen LogP contribution >= 0.6 is 0 Å². The summed E-state index contributed by atoms with van der Waals surface area (Å²) >= 11 is 0. The summed E-state index contributed by atoms with van der Waals surface area (Å²) in [6.07, 6.45) is 1.58. The Bertz CT molecular complexity index is 1130. The van der Waals surface area contributed by atoms with E-state index in [9.17, 15) is 4.79 Å². The topological polar surface area (TPSA) is 89.1 Å². The molecule has 0 fully saturated rings. The number of nitrogens with one attached hydrogen (secondary N) is 2. The number of ether oxygens (including phenoxy) is 2. The quantitative estimate of drug-likeness (QED) is 0.469. The van der Waals surface area contributed by atoms with Gasteiger partial charge in [-0.3, -0.25) is 9.89 Å². The molecule has 7 nitrogen and oxygen atoms in total. The van der Waals surface area contributed by atoms with Gasteiger partial charge < -0.3 is 14.8 Å². The lowest BCUT2D eigenvalue weighted by Crippen LogP contribution is -2.15. The van der Waals surface area contributed by atoms with Crippen molar-refractivity contribution >= 4 is 22.5 Å². The van der Waals surface area contributed by atoms with Crippen LogP contribution in [0.4, 0.5) is 5.69 Å². The summed E-state index contributed by atoms with van der Waals surface area (Å²) < 4.78 is 10.9. The fourth-order valence-electron chi connectivity index (χ4n) is 3.01. The highest BCUT2D eigenvalue weighted by molar-refractivity contribution is 6.06. The Balaban J connectivity index is 1.63. The van der Waals surface area contributed by atoms with Crippen molar-refractivity contribution < 1.29 is 14.3 Å². The number of para-hydroxylation sites is 1. The number of methoxy groups -OCH3 is 1. The second kappa shape index (κ2) is 8.53. The first kappa shape index (κ1) is 18.6. The van der Waals surface area contributed by atoms with Crippen molar-refractivity contribution in [3.05, 3.63) is 72.6 Å². The molecule has 2 aromatic heterocycles. The number of hydrogen-bond donors (Lipinski definition) is 2. The second-order valence-electron chi connectivity index (χ2n) is 6.34. The van der Waals surface area contributed by atoms with Crippen LogP contribution in [0.25, 0.3) is 22.2 Å². The third-order valence-corrected chi connectivity index (χ3v) is 4.41. The maximum Gasteiger partial charge on any atom is 0.274 e. The van der Waals surface area contributed by atoms with Crippen LogP contribution in [0.5, 0.6) is 5.75 Å². The molecule has 0 saturated carbocycles. The van der Waals surface area contributed by atoms with E-state index in [-0.39, 0.29) is 11.6 Å². The van der Waals surface area contributed by atoms with E-state index >= 15 is 0 Å². The number of pyridine rings is 1. The first-order valence-electron chi connectivity index (χ1n) is 9.18. The maximum atomic E-state index is 12.9. The number of fused-ring (bicyclic) bond motifs is 1. The second-order valence-corrected chi connectivity index (χ2v) is 6.34. The number of aromatic amines is 1. The third kappa shape index (κ3) is 4.09. The molecule has 0 saturated heterocycles. The van der Waals surface area contributed by atoms with Crippen molar-refractivity contribution in [3.8, 4) is 17.0 Å². The lowest BCUT2D eigenvalue weighted by Gasteiger charge is -2.11. The van der Waals surface area contributed by atoms with E-state index < -0.39 is 0 Å². The van der Waals surface area contributed by atoms with Crippen LogP contribution in [0.3, 0.4) is 0 Å². The minimum atomic E-state index is -0.342. The Morgan fingerprint density at radius 3 is 2.69 bits per heavy atom. The van der Waals surface area contributed by atoms with E-state index in [1.807, 2.05) is 54.6 Å². The van der Waals surface area contributed by atoms with Crippen LogP contribution in [-0.4, -0.2) is 41.4 Å². The number of amides is 1. The Hall–Kier alpha value is -3.71. The minimum Gasteiger partial charge on any atom is -0.490 e. The molecule has 7 heteroatoms. The predicted molar refractivity (Wildman–Crippen MR) is 111 cm³/mol. The van der Waals surface area contributed by atoms with E-state index in [4.69, 9.17) is 9.47 Å². The Kier molecular flexibility index (Phi) is 5.49. The molecule has 2 heterocycles. The van der Waals surface area contributed by atoms with Gasteiger partial charge >= 0.3 is 0 Å². The average Bonchev–Trinajstić information content (AvgIpc) is 3.22. The lowest BCUT2D eigenvalue weighted by atomic mass is 10.1. The monoisotopic (exact) mass is 388 g/mol. The molecule has 2 aromatic carbocycles. The molecule has 29 heavy (non-hydrogen) atoms. The number of aromatic nitrogens is 3. The zero-order valence-corrected chi connectivity index (χ0v) is 15.9. The van der Waals surface area contributed by atoms with Crippen molar-refractivity contribution in [1.82, 2.24) is 15.2 Å². The summed E-state index contributed by atoms with van der Waals surface area (Å²) in [7, 11) is 1.61. The predicted octanol–water partition coefficient (Wildman–Crippen LogP) is 3.90. The van der Waals surface area contributed by atoms with E-state index in [0.29, 0.717) is 30.2 Å². The first-order valence-corrected chi connectivity index (χ1v) is 9.18. The molecular weight excluding hydrogens is 368 g/mol. The standard InChI is InChI=1S/C22H20N4O3/c1-28-11-12-29-20-13-18(24-17-10-6-5-9-16(17)20)22(27)25-19-14-23-26-21(19)15-7-3-2-4-8-15/h2-10,13-14H,11-12H2,1H3,(H,23,26)(H,25,27). The molecule has 0 radical (unpaired) electrons. The summed E-state index contributed by atoms with van der Waals surface area (Å²) in [5.74, 6) is 0.249. The molecule has 2 N–H and O–H groups in total.